The van der Waals surface area contributed by atoms with Crippen LogP contribution in [0, 0.1) is 23.7 Å². The quantitative estimate of drug-likeness (QED) is 0.383. The summed E-state index contributed by atoms with van der Waals surface area (Å²) in [7, 11) is -1.56. The molecule has 4 rings (SSSR count). The van der Waals surface area contributed by atoms with Crippen molar-refractivity contribution in [3.05, 3.63) is 54.6 Å². The zero-order valence-electron chi connectivity index (χ0n) is 17.5. The van der Waals surface area contributed by atoms with Crippen molar-refractivity contribution in [1.82, 2.24) is 0 Å². The second-order valence-electron chi connectivity index (χ2n) is 9.12. The van der Waals surface area contributed by atoms with E-state index in [0.29, 0.717) is 0 Å². The molecule has 1 aromatic carbocycles. The molecule has 7 unspecified atom stereocenters. The van der Waals surface area contributed by atoms with Crippen LogP contribution in [-0.2, 0) is 20.4 Å². The Morgan fingerprint density at radius 3 is 2.28 bits per heavy atom. The molecule has 29 heavy (non-hydrogen) atoms. The van der Waals surface area contributed by atoms with Gasteiger partial charge in [0.1, 0.15) is 0 Å². The Hall–Kier alpha value is 0.501. The number of hydrogen-bond acceptors (Lipinski definition) is 0. The maximum absolute atomic E-state index is 2.75. The van der Waals surface area contributed by atoms with Gasteiger partial charge in [-0.2, -0.15) is 0 Å². The number of allylic oxidation sites excluding steroid dienone is 4. The number of hydrogen-bond donors (Lipinski definition) is 0. The van der Waals surface area contributed by atoms with Gasteiger partial charge < -0.3 is 37.2 Å². The van der Waals surface area contributed by atoms with Crippen LogP contribution in [0.15, 0.2) is 54.6 Å². The molecule has 0 saturated heterocycles. The van der Waals surface area contributed by atoms with Crippen LogP contribution in [0.4, 0.5) is 0 Å². The molecule has 0 aliphatic heterocycles. The Labute approximate surface area is 209 Å². The fraction of sp³-hybridized carbons (Fsp3) is 0.583. The van der Waals surface area contributed by atoms with Gasteiger partial charge in [-0.05, 0) is 0 Å². The maximum Gasteiger partial charge on any atom is -1.00 e. The summed E-state index contributed by atoms with van der Waals surface area (Å²) in [5.74, 6) is 3.49. The van der Waals surface area contributed by atoms with Crippen molar-refractivity contribution in [2.75, 3.05) is 0 Å². The van der Waals surface area contributed by atoms with E-state index in [1.807, 2.05) is 0 Å². The predicted molar refractivity (Wildman–Crippen MR) is 111 cm³/mol. The number of rotatable bonds is 5. The summed E-state index contributed by atoms with van der Waals surface area (Å²) in [6.45, 7) is 5.11. The topological polar surface area (TPSA) is 0 Å². The summed E-state index contributed by atoms with van der Waals surface area (Å²) in [4.78, 5) is 0. The fourth-order valence-electron chi connectivity index (χ4n) is 6.62. The van der Waals surface area contributed by atoms with E-state index < -0.39 is 8.07 Å². The maximum atomic E-state index is 2.75. The Balaban J connectivity index is 0.00000140. The van der Waals surface area contributed by atoms with E-state index in [2.05, 4.69) is 88.5 Å². The molecule has 2 saturated carbocycles. The summed E-state index contributed by atoms with van der Waals surface area (Å²) in [6, 6.07) is 13.2. The minimum absolute atomic E-state index is 0. The van der Waals surface area contributed by atoms with Crippen LogP contribution in [0.5, 0.6) is 0 Å². The van der Waals surface area contributed by atoms with Crippen molar-refractivity contribution in [3.8, 4) is 0 Å². The largest absolute Gasteiger partial charge is 1.00 e. The molecule has 5 heteroatoms. The van der Waals surface area contributed by atoms with Crippen molar-refractivity contribution >= 4 is 13.3 Å². The SMILES string of the molecule is CCCC[Si](C)(c1ccccc1)C1C2C=CC=CC2C2CCC[CH]([Ti+3])C21.[Cl-].[Cl-].[Cl-]. The number of halogens is 3. The van der Waals surface area contributed by atoms with Gasteiger partial charge in [-0.15, -0.1) is 0 Å². The van der Waals surface area contributed by atoms with Crippen LogP contribution in [0.3, 0.4) is 0 Å². The molecule has 0 nitrogen and oxygen atoms in total. The van der Waals surface area contributed by atoms with Gasteiger partial charge in [-0.1, -0.05) is 0 Å². The Morgan fingerprint density at radius 2 is 1.62 bits per heavy atom. The zero-order chi connectivity index (χ0) is 18.1. The molecular weight excluding hydrogens is 471 g/mol. The van der Waals surface area contributed by atoms with Crippen LogP contribution in [0.2, 0.25) is 22.4 Å². The van der Waals surface area contributed by atoms with Gasteiger partial charge in [-0.25, -0.2) is 0 Å². The summed E-state index contributed by atoms with van der Waals surface area (Å²) in [6.07, 6.45) is 17.0. The number of unbranched alkanes of at least 4 members (excludes halogenated alkanes) is 1. The molecule has 0 N–H and O–H groups in total. The van der Waals surface area contributed by atoms with E-state index in [-0.39, 0.29) is 37.2 Å². The molecular formula is C24H33Cl3SiTi. The van der Waals surface area contributed by atoms with Gasteiger partial charge in [0.2, 0.25) is 0 Å². The molecule has 158 valence electrons. The van der Waals surface area contributed by atoms with E-state index in [1.54, 1.807) is 5.19 Å². The van der Waals surface area contributed by atoms with Gasteiger partial charge >= 0.3 is 173 Å². The Morgan fingerprint density at radius 1 is 0.966 bits per heavy atom. The second kappa shape index (κ2) is 11.9. The fourth-order valence-corrected chi connectivity index (χ4v) is 13.5. The number of fused-ring (bicyclic) bond motifs is 3. The van der Waals surface area contributed by atoms with Gasteiger partial charge in [0, 0.05) is 0 Å². The molecule has 0 bridgehead atoms. The van der Waals surface area contributed by atoms with E-state index in [0.717, 1.165) is 33.4 Å². The van der Waals surface area contributed by atoms with E-state index in [4.69, 9.17) is 0 Å². The first-order valence-corrected chi connectivity index (χ1v) is 14.5. The van der Waals surface area contributed by atoms with Crippen molar-refractivity contribution < 1.29 is 57.7 Å². The van der Waals surface area contributed by atoms with Gasteiger partial charge in [0.25, 0.3) is 0 Å². The molecule has 0 amide bonds. The normalized spacial score (nSPS) is 33.9. The van der Waals surface area contributed by atoms with Gasteiger partial charge in [0.05, 0.1) is 0 Å². The predicted octanol–water partition coefficient (Wildman–Crippen LogP) is -2.72. The average Bonchev–Trinajstić information content (AvgIpc) is 3.03. The first-order chi connectivity index (χ1) is 12.7. The number of benzene rings is 1. The second-order valence-corrected chi connectivity index (χ2v) is 14.9. The average molecular weight is 504 g/mol. The van der Waals surface area contributed by atoms with E-state index in [1.165, 1.54) is 38.1 Å². The Bertz CT molecular complexity index is 680. The molecule has 0 aromatic heterocycles. The molecule has 0 spiro atoms. The molecule has 7 atom stereocenters. The van der Waals surface area contributed by atoms with E-state index >= 15 is 0 Å². The first-order valence-electron chi connectivity index (χ1n) is 10.8. The summed E-state index contributed by atoms with van der Waals surface area (Å²) in [5, 5.41) is 1.72. The van der Waals surface area contributed by atoms with Gasteiger partial charge in [0.15, 0.2) is 0 Å². The van der Waals surface area contributed by atoms with Crippen LogP contribution in [0.25, 0.3) is 0 Å². The third-order valence-corrected chi connectivity index (χ3v) is 14.1. The third-order valence-electron chi connectivity index (χ3n) is 7.78. The molecule has 1 aromatic rings. The van der Waals surface area contributed by atoms with Crippen LogP contribution < -0.4 is 42.4 Å². The van der Waals surface area contributed by atoms with Crippen LogP contribution >= 0.6 is 0 Å². The Kier molecular flexibility index (Phi) is 11.3. The van der Waals surface area contributed by atoms with E-state index in [9.17, 15) is 0 Å². The standard InChI is InChI=1S/C24H33Si.3ClH.Ti/c1-3-4-18-25(2,19-12-6-5-7-13-19)24-22-16-10-8-14-20(22)21-15-9-11-17-23(21)24;;;;/h5-8,10,12-14,16-17,20-24H,3-4,9,11,15,18H2,1-2H3;3*1H;/q;;;;+3/p-3. The van der Waals surface area contributed by atoms with Crippen LogP contribution in [0.1, 0.15) is 39.0 Å². The van der Waals surface area contributed by atoms with Crippen LogP contribution in [-0.4, -0.2) is 8.07 Å². The molecule has 3 aliphatic rings. The minimum atomic E-state index is -1.56. The van der Waals surface area contributed by atoms with Crippen molar-refractivity contribution in [2.45, 2.75) is 61.4 Å². The molecule has 0 heterocycles. The summed E-state index contributed by atoms with van der Waals surface area (Å²) < 4.78 is 0.906. The molecule has 2 fully saturated rings. The third kappa shape index (κ3) is 5.12. The summed E-state index contributed by atoms with van der Waals surface area (Å²) in [5.41, 5.74) is 0.919. The van der Waals surface area contributed by atoms with Crippen molar-refractivity contribution in [1.29, 1.82) is 0 Å². The molecule has 0 radical (unpaired) electrons. The minimum Gasteiger partial charge on any atom is -1.00 e. The smallest absolute Gasteiger partial charge is 1.00 e. The van der Waals surface area contributed by atoms with Gasteiger partial charge in [-0.3, -0.25) is 0 Å². The van der Waals surface area contributed by atoms with Crippen molar-refractivity contribution in [3.63, 3.8) is 0 Å². The summed E-state index contributed by atoms with van der Waals surface area (Å²) >= 11 is 2.58. The zero-order valence-corrected chi connectivity index (χ0v) is 22.4. The first kappa shape index (κ1) is 27.5. The van der Waals surface area contributed by atoms with Crippen molar-refractivity contribution in [2.24, 2.45) is 23.7 Å². The molecule has 3 aliphatic carbocycles. The monoisotopic (exact) mass is 502 g/mol.